The van der Waals surface area contributed by atoms with Crippen molar-refractivity contribution >= 4 is 11.0 Å². The van der Waals surface area contributed by atoms with Crippen LogP contribution in [0.1, 0.15) is 39.2 Å². The first kappa shape index (κ1) is 10.8. The molecule has 0 fully saturated rings. The number of pyridine rings is 1. The van der Waals surface area contributed by atoms with E-state index in [1.807, 2.05) is 38.4 Å². The van der Waals surface area contributed by atoms with E-state index in [2.05, 4.69) is 23.8 Å². The summed E-state index contributed by atoms with van der Waals surface area (Å²) >= 11 is 0. The van der Waals surface area contributed by atoms with Gasteiger partial charge < -0.3 is 4.98 Å². The summed E-state index contributed by atoms with van der Waals surface area (Å²) in [6.07, 6.45) is 3.88. The van der Waals surface area contributed by atoms with Crippen molar-refractivity contribution in [2.75, 3.05) is 0 Å². The smallest absolute Gasteiger partial charge is 0.0913 e. The lowest BCUT2D eigenvalue weighted by Crippen LogP contribution is -1.85. The second-order valence-electron chi connectivity index (χ2n) is 3.30. The van der Waals surface area contributed by atoms with E-state index in [1.165, 1.54) is 5.56 Å². The minimum atomic E-state index is 0.536. The quantitative estimate of drug-likeness (QED) is 0.729. The summed E-state index contributed by atoms with van der Waals surface area (Å²) in [7, 11) is 0. The number of aromatic amines is 1. The molecule has 0 atom stereocenters. The fourth-order valence-electron chi connectivity index (χ4n) is 1.42. The highest BCUT2D eigenvalue weighted by atomic mass is 14.8. The molecule has 76 valence electrons. The van der Waals surface area contributed by atoms with Gasteiger partial charge >= 0.3 is 0 Å². The van der Waals surface area contributed by atoms with Crippen LogP contribution in [0.15, 0.2) is 24.5 Å². The van der Waals surface area contributed by atoms with Crippen molar-refractivity contribution in [2.45, 2.75) is 33.6 Å². The van der Waals surface area contributed by atoms with Gasteiger partial charge in [-0.05, 0) is 23.6 Å². The molecule has 0 aliphatic heterocycles. The second-order valence-corrected chi connectivity index (χ2v) is 3.30. The molecule has 0 saturated heterocycles. The number of nitrogens with zero attached hydrogens (tertiary/aromatic N) is 1. The minimum Gasteiger partial charge on any atom is -0.360 e. The van der Waals surface area contributed by atoms with Gasteiger partial charge in [0.25, 0.3) is 0 Å². The molecule has 0 aliphatic carbocycles. The van der Waals surface area contributed by atoms with Crippen molar-refractivity contribution in [3.05, 3.63) is 30.1 Å². The standard InChI is InChI=1S/C10H12N2.C2H6/c1-7(2)8-6-12-9-4-3-5-11-10(8)9;1-2/h3-7,12H,1-2H3;1-2H3. The Kier molecular flexibility index (Phi) is 3.69. The van der Waals surface area contributed by atoms with Crippen molar-refractivity contribution < 1.29 is 0 Å². The van der Waals surface area contributed by atoms with E-state index in [0.717, 1.165) is 11.0 Å². The molecular weight excluding hydrogens is 172 g/mol. The molecule has 2 rings (SSSR count). The molecule has 2 nitrogen and oxygen atoms in total. The summed E-state index contributed by atoms with van der Waals surface area (Å²) in [6.45, 7) is 8.36. The van der Waals surface area contributed by atoms with Gasteiger partial charge in [0.2, 0.25) is 0 Å². The average Bonchev–Trinajstić information content (AvgIpc) is 2.64. The zero-order valence-corrected chi connectivity index (χ0v) is 9.33. The van der Waals surface area contributed by atoms with Gasteiger partial charge in [0, 0.05) is 12.4 Å². The third-order valence-electron chi connectivity index (χ3n) is 2.09. The zero-order chi connectivity index (χ0) is 10.6. The molecule has 0 amide bonds. The normalized spacial score (nSPS) is 10.1. The van der Waals surface area contributed by atoms with E-state index in [1.54, 1.807) is 0 Å². The Morgan fingerprint density at radius 2 is 2.00 bits per heavy atom. The molecular formula is C12H18N2. The highest BCUT2D eigenvalue weighted by Gasteiger charge is 2.06. The largest absolute Gasteiger partial charge is 0.360 e. The Labute approximate surface area is 85.4 Å². The average molecular weight is 190 g/mol. The molecule has 0 spiro atoms. The third-order valence-corrected chi connectivity index (χ3v) is 2.09. The lowest BCUT2D eigenvalue weighted by molar-refractivity contribution is 0.873. The van der Waals surface area contributed by atoms with Crippen LogP contribution in [0.5, 0.6) is 0 Å². The van der Waals surface area contributed by atoms with Crippen molar-refractivity contribution in [3.63, 3.8) is 0 Å². The molecule has 0 radical (unpaired) electrons. The van der Waals surface area contributed by atoms with Crippen LogP contribution in [0, 0.1) is 0 Å². The van der Waals surface area contributed by atoms with Crippen molar-refractivity contribution in [1.82, 2.24) is 9.97 Å². The Balaban J connectivity index is 0.000000461. The first-order valence-electron chi connectivity index (χ1n) is 5.21. The molecule has 2 aromatic rings. The van der Waals surface area contributed by atoms with Crippen molar-refractivity contribution in [1.29, 1.82) is 0 Å². The van der Waals surface area contributed by atoms with Gasteiger partial charge in [-0.3, -0.25) is 4.98 Å². The van der Waals surface area contributed by atoms with E-state index in [4.69, 9.17) is 0 Å². The number of nitrogens with one attached hydrogen (secondary N) is 1. The maximum Gasteiger partial charge on any atom is 0.0913 e. The predicted molar refractivity (Wildman–Crippen MR) is 61.5 cm³/mol. The van der Waals surface area contributed by atoms with Crippen LogP contribution >= 0.6 is 0 Å². The number of H-pyrrole nitrogens is 1. The molecule has 2 heterocycles. The fraction of sp³-hybridized carbons (Fsp3) is 0.417. The van der Waals surface area contributed by atoms with E-state index >= 15 is 0 Å². The molecule has 2 aromatic heterocycles. The van der Waals surface area contributed by atoms with Gasteiger partial charge in [0.05, 0.1) is 11.0 Å². The van der Waals surface area contributed by atoms with Crippen LogP contribution in [0.2, 0.25) is 0 Å². The molecule has 1 N–H and O–H groups in total. The van der Waals surface area contributed by atoms with Gasteiger partial charge in [0.15, 0.2) is 0 Å². The van der Waals surface area contributed by atoms with Gasteiger partial charge in [-0.25, -0.2) is 0 Å². The molecule has 2 heteroatoms. The molecule has 0 aliphatic rings. The van der Waals surface area contributed by atoms with Gasteiger partial charge in [0.1, 0.15) is 0 Å². The van der Waals surface area contributed by atoms with Crippen LogP contribution in [0.4, 0.5) is 0 Å². The Hall–Kier alpha value is -1.31. The van der Waals surface area contributed by atoms with E-state index in [9.17, 15) is 0 Å². The maximum atomic E-state index is 4.33. The lowest BCUT2D eigenvalue weighted by atomic mass is 10.1. The maximum absolute atomic E-state index is 4.33. The van der Waals surface area contributed by atoms with Crippen LogP contribution in [0.25, 0.3) is 11.0 Å². The van der Waals surface area contributed by atoms with Gasteiger partial charge in [-0.2, -0.15) is 0 Å². The minimum absolute atomic E-state index is 0.536. The molecule has 0 bridgehead atoms. The summed E-state index contributed by atoms with van der Waals surface area (Å²) < 4.78 is 0. The Bertz CT molecular complexity index is 388. The fourth-order valence-corrected chi connectivity index (χ4v) is 1.42. The summed E-state index contributed by atoms with van der Waals surface area (Å²) in [6, 6.07) is 4.00. The first-order valence-corrected chi connectivity index (χ1v) is 5.21. The van der Waals surface area contributed by atoms with E-state index in [0.29, 0.717) is 5.92 Å². The van der Waals surface area contributed by atoms with Gasteiger partial charge in [-0.1, -0.05) is 27.7 Å². The number of fused-ring (bicyclic) bond motifs is 1. The monoisotopic (exact) mass is 190 g/mol. The Morgan fingerprint density at radius 1 is 1.29 bits per heavy atom. The Morgan fingerprint density at radius 3 is 2.64 bits per heavy atom. The van der Waals surface area contributed by atoms with E-state index < -0.39 is 0 Å². The lowest BCUT2D eigenvalue weighted by Gasteiger charge is -1.99. The number of aromatic nitrogens is 2. The third kappa shape index (κ3) is 1.95. The SMILES string of the molecule is CC.CC(C)c1c[nH]c2cccnc12. The van der Waals surface area contributed by atoms with Gasteiger partial charge in [-0.15, -0.1) is 0 Å². The van der Waals surface area contributed by atoms with Crippen molar-refractivity contribution in [3.8, 4) is 0 Å². The number of hydrogen-bond donors (Lipinski definition) is 1. The van der Waals surface area contributed by atoms with Crippen LogP contribution < -0.4 is 0 Å². The number of hydrogen-bond acceptors (Lipinski definition) is 1. The molecule has 0 aromatic carbocycles. The summed E-state index contributed by atoms with van der Waals surface area (Å²) in [5.74, 6) is 0.536. The summed E-state index contributed by atoms with van der Waals surface area (Å²) in [4.78, 5) is 7.54. The van der Waals surface area contributed by atoms with E-state index in [-0.39, 0.29) is 0 Å². The summed E-state index contributed by atoms with van der Waals surface area (Å²) in [5, 5.41) is 0. The number of rotatable bonds is 1. The second kappa shape index (κ2) is 4.80. The molecule has 0 unspecified atom stereocenters. The van der Waals surface area contributed by atoms with Crippen LogP contribution in [-0.4, -0.2) is 9.97 Å². The topological polar surface area (TPSA) is 28.7 Å². The van der Waals surface area contributed by atoms with Crippen LogP contribution in [-0.2, 0) is 0 Å². The van der Waals surface area contributed by atoms with Crippen molar-refractivity contribution in [2.24, 2.45) is 0 Å². The molecule has 0 saturated carbocycles. The predicted octanol–water partition coefficient (Wildman–Crippen LogP) is 3.71. The molecule has 14 heavy (non-hydrogen) atoms. The highest BCUT2D eigenvalue weighted by molar-refractivity contribution is 5.78. The highest BCUT2D eigenvalue weighted by Crippen LogP contribution is 2.22. The summed E-state index contributed by atoms with van der Waals surface area (Å²) in [5.41, 5.74) is 3.53. The van der Waals surface area contributed by atoms with Crippen LogP contribution in [0.3, 0.4) is 0 Å². The first-order chi connectivity index (χ1) is 6.79. The zero-order valence-electron chi connectivity index (χ0n) is 9.33.